The van der Waals surface area contributed by atoms with Gasteiger partial charge in [-0.3, -0.25) is 14.8 Å². The molecule has 7 heteroatoms. The third kappa shape index (κ3) is 2.76. The van der Waals surface area contributed by atoms with Gasteiger partial charge in [-0.1, -0.05) is 18.2 Å². The van der Waals surface area contributed by atoms with Crippen molar-refractivity contribution < 1.29 is 13.2 Å². The maximum atomic E-state index is 11.5. The smallest absolute Gasteiger partial charge is 0.242 e. The molecule has 0 unspecified atom stereocenters. The third-order valence-corrected chi connectivity index (χ3v) is 3.84. The average Bonchev–Trinajstić information content (AvgIpc) is 2.59. The monoisotopic (exact) mass is 288 g/mol. The zero-order valence-electron chi connectivity index (χ0n) is 9.84. The standard InChI is InChI=1S/C11H13ClN2O3S/c1-13-11(15)6-7-14(13)10-5-3-2-4-9(10)8-18(12,16)17/h2-5H,6-8H2,1H3. The van der Waals surface area contributed by atoms with Crippen molar-refractivity contribution in [2.75, 3.05) is 18.6 Å². The predicted molar refractivity (Wildman–Crippen MR) is 69.7 cm³/mol. The lowest BCUT2D eigenvalue weighted by molar-refractivity contribution is -0.126. The van der Waals surface area contributed by atoms with Gasteiger partial charge < -0.3 is 0 Å². The first-order chi connectivity index (χ1) is 8.38. The number of rotatable bonds is 3. The molecule has 2 rings (SSSR count). The first-order valence-electron chi connectivity index (χ1n) is 5.43. The Labute approximate surface area is 110 Å². The number of halogens is 1. The van der Waals surface area contributed by atoms with Gasteiger partial charge in [0.25, 0.3) is 0 Å². The Morgan fingerprint density at radius 2 is 2.00 bits per heavy atom. The molecular formula is C11H13ClN2O3S. The molecule has 0 radical (unpaired) electrons. The molecule has 1 aliphatic rings. The van der Waals surface area contributed by atoms with Crippen LogP contribution in [0.4, 0.5) is 5.69 Å². The molecule has 0 aromatic heterocycles. The van der Waals surface area contributed by atoms with Crippen LogP contribution in [0, 0.1) is 0 Å². The fourth-order valence-corrected chi connectivity index (χ4v) is 2.97. The third-order valence-electron chi connectivity index (χ3n) is 2.86. The van der Waals surface area contributed by atoms with Gasteiger partial charge in [0.2, 0.25) is 15.0 Å². The molecule has 1 amide bonds. The first-order valence-corrected chi connectivity index (χ1v) is 7.90. The van der Waals surface area contributed by atoms with Crippen molar-refractivity contribution >= 4 is 31.3 Å². The molecule has 0 bridgehead atoms. The fourth-order valence-electron chi connectivity index (χ4n) is 2.00. The van der Waals surface area contributed by atoms with Gasteiger partial charge in [0.1, 0.15) is 0 Å². The lowest BCUT2D eigenvalue weighted by Crippen LogP contribution is -2.36. The highest BCUT2D eigenvalue weighted by molar-refractivity contribution is 8.13. The van der Waals surface area contributed by atoms with Crippen LogP contribution in [0.1, 0.15) is 12.0 Å². The number of nitrogens with zero attached hydrogens (tertiary/aromatic N) is 2. The van der Waals surface area contributed by atoms with Gasteiger partial charge in [-0.15, -0.1) is 0 Å². The second kappa shape index (κ2) is 4.78. The van der Waals surface area contributed by atoms with Crippen molar-refractivity contribution in [1.29, 1.82) is 0 Å². The minimum Gasteiger partial charge on any atom is -0.282 e. The molecule has 1 aliphatic heterocycles. The van der Waals surface area contributed by atoms with E-state index in [1.807, 2.05) is 0 Å². The van der Waals surface area contributed by atoms with E-state index in [9.17, 15) is 13.2 Å². The van der Waals surface area contributed by atoms with Crippen LogP contribution in [0.25, 0.3) is 0 Å². The van der Waals surface area contributed by atoms with Crippen LogP contribution >= 0.6 is 10.7 Å². The lowest BCUT2D eigenvalue weighted by atomic mass is 10.2. The van der Waals surface area contributed by atoms with Crippen LogP contribution in [0.15, 0.2) is 24.3 Å². The summed E-state index contributed by atoms with van der Waals surface area (Å²) in [4.78, 5) is 11.5. The number of amides is 1. The minimum absolute atomic E-state index is 0.0125. The molecule has 5 nitrogen and oxygen atoms in total. The molecule has 1 heterocycles. The van der Waals surface area contributed by atoms with Crippen LogP contribution in [0.2, 0.25) is 0 Å². The first kappa shape index (κ1) is 13.2. The van der Waals surface area contributed by atoms with Crippen LogP contribution in [0.5, 0.6) is 0 Å². The van der Waals surface area contributed by atoms with Crippen LogP contribution < -0.4 is 5.01 Å². The normalized spacial score (nSPS) is 16.4. The fraction of sp³-hybridized carbons (Fsp3) is 0.364. The molecule has 0 saturated carbocycles. The van der Waals surface area contributed by atoms with Gasteiger partial charge in [0, 0.05) is 30.7 Å². The largest absolute Gasteiger partial charge is 0.282 e. The van der Waals surface area contributed by atoms with Crippen LogP contribution in [-0.2, 0) is 19.6 Å². The van der Waals surface area contributed by atoms with Gasteiger partial charge in [-0.25, -0.2) is 8.42 Å². The summed E-state index contributed by atoms with van der Waals surface area (Å²) in [6, 6.07) is 7.04. The van der Waals surface area contributed by atoms with Crippen LogP contribution in [0.3, 0.4) is 0 Å². The summed E-state index contributed by atoms with van der Waals surface area (Å²) < 4.78 is 22.4. The number of carbonyl (C=O) groups excluding carboxylic acids is 1. The SMILES string of the molecule is CN1C(=O)CCN1c1ccccc1CS(=O)(=O)Cl. The molecule has 18 heavy (non-hydrogen) atoms. The summed E-state index contributed by atoms with van der Waals surface area (Å²) in [6.07, 6.45) is 0.429. The quantitative estimate of drug-likeness (QED) is 0.788. The maximum Gasteiger partial charge on any atom is 0.242 e. The van der Waals surface area contributed by atoms with Crippen molar-refractivity contribution in [2.24, 2.45) is 0 Å². The number of carbonyl (C=O) groups is 1. The molecule has 1 aromatic rings. The average molecular weight is 289 g/mol. The summed E-state index contributed by atoms with van der Waals surface area (Å²) in [5, 5.41) is 3.26. The molecule has 1 fully saturated rings. The second-order valence-corrected chi connectivity index (χ2v) is 6.88. The van der Waals surface area contributed by atoms with Crippen molar-refractivity contribution in [3.63, 3.8) is 0 Å². The van der Waals surface area contributed by atoms with Gasteiger partial charge in [-0.2, -0.15) is 0 Å². The Balaban J connectivity index is 2.36. The number of anilines is 1. The number of hydrogen-bond donors (Lipinski definition) is 0. The Kier molecular flexibility index (Phi) is 3.49. The predicted octanol–water partition coefficient (Wildman–Crippen LogP) is 1.34. The number of hydrazine groups is 1. The summed E-state index contributed by atoms with van der Waals surface area (Å²) in [7, 11) is 3.33. The van der Waals surface area contributed by atoms with E-state index in [2.05, 4.69) is 0 Å². The van der Waals surface area contributed by atoms with Crippen LogP contribution in [-0.4, -0.2) is 32.9 Å². The lowest BCUT2D eigenvalue weighted by Gasteiger charge is -2.27. The van der Waals surface area contributed by atoms with Crippen molar-refractivity contribution in [1.82, 2.24) is 5.01 Å². The molecule has 0 atom stereocenters. The molecule has 98 valence electrons. The van der Waals surface area contributed by atoms with Crippen molar-refractivity contribution in [3.8, 4) is 0 Å². The number of benzene rings is 1. The molecule has 1 saturated heterocycles. The topological polar surface area (TPSA) is 57.7 Å². The van der Waals surface area contributed by atoms with E-state index in [0.29, 0.717) is 24.2 Å². The van der Waals surface area contributed by atoms with E-state index in [-0.39, 0.29) is 11.7 Å². The summed E-state index contributed by atoms with van der Waals surface area (Å²) >= 11 is 0. The van der Waals surface area contributed by atoms with E-state index in [0.717, 1.165) is 0 Å². The highest BCUT2D eigenvalue weighted by Crippen LogP contribution is 2.27. The van der Waals surface area contributed by atoms with E-state index >= 15 is 0 Å². The van der Waals surface area contributed by atoms with E-state index in [1.165, 1.54) is 5.01 Å². The molecular weight excluding hydrogens is 276 g/mol. The summed E-state index contributed by atoms with van der Waals surface area (Å²) in [6.45, 7) is 0.550. The highest BCUT2D eigenvalue weighted by atomic mass is 35.7. The molecule has 0 spiro atoms. The summed E-state index contributed by atoms with van der Waals surface area (Å²) in [5.41, 5.74) is 1.30. The van der Waals surface area contributed by atoms with Gasteiger partial charge in [0.15, 0.2) is 0 Å². The second-order valence-electron chi connectivity index (χ2n) is 4.10. The molecule has 1 aromatic carbocycles. The Bertz CT molecular complexity index is 573. The number of para-hydroxylation sites is 1. The van der Waals surface area contributed by atoms with Gasteiger partial charge in [-0.05, 0) is 11.6 Å². The molecule has 0 N–H and O–H groups in total. The Morgan fingerprint density at radius 1 is 1.33 bits per heavy atom. The zero-order chi connectivity index (χ0) is 13.3. The Hall–Kier alpha value is -1.27. The number of hydrogen-bond acceptors (Lipinski definition) is 4. The van der Waals surface area contributed by atoms with Gasteiger partial charge >= 0.3 is 0 Å². The highest BCUT2D eigenvalue weighted by Gasteiger charge is 2.27. The zero-order valence-corrected chi connectivity index (χ0v) is 11.4. The Morgan fingerprint density at radius 3 is 2.56 bits per heavy atom. The van der Waals surface area contributed by atoms with Crippen molar-refractivity contribution in [2.45, 2.75) is 12.2 Å². The van der Waals surface area contributed by atoms with E-state index in [1.54, 1.807) is 36.3 Å². The van der Waals surface area contributed by atoms with E-state index in [4.69, 9.17) is 10.7 Å². The van der Waals surface area contributed by atoms with Gasteiger partial charge in [0.05, 0.1) is 11.4 Å². The van der Waals surface area contributed by atoms with E-state index < -0.39 is 9.05 Å². The minimum atomic E-state index is -3.62. The maximum absolute atomic E-state index is 11.5. The summed E-state index contributed by atoms with van der Waals surface area (Å²) in [5.74, 6) is -0.234. The van der Waals surface area contributed by atoms with Crippen molar-refractivity contribution in [3.05, 3.63) is 29.8 Å². The molecule has 0 aliphatic carbocycles.